The fourth-order valence-corrected chi connectivity index (χ4v) is 0.725. The van der Waals surface area contributed by atoms with Gasteiger partial charge in [-0.2, -0.15) is 0 Å². The first-order valence-corrected chi connectivity index (χ1v) is 4.39. The molecule has 0 aliphatic carbocycles. The van der Waals surface area contributed by atoms with E-state index in [4.69, 9.17) is 15.3 Å². The Bertz CT molecular complexity index is 375. The molecule has 0 aromatic rings. The van der Waals surface area contributed by atoms with Gasteiger partial charge in [-0.25, -0.2) is 9.59 Å². The van der Waals surface area contributed by atoms with Crippen LogP contribution in [-0.2, 0) is 14.4 Å². The number of rotatable bonds is 5. The van der Waals surface area contributed by atoms with Crippen LogP contribution in [0.1, 0.15) is 13.8 Å². The Morgan fingerprint density at radius 3 is 1.75 bits per heavy atom. The summed E-state index contributed by atoms with van der Waals surface area (Å²) in [5, 5.41) is 25.9. The molecular weight excluding hydrogens is 216 g/mol. The maximum absolute atomic E-state index is 11.1. The standard InChI is InChI=1S/C10H12O6/c1-5(2)7(11)4-3-6(9(13)14)8(12)10(15)16/h3-5,12H,1-2H3,(H,13,14)(H,15,16)/b4-3?,8-6-. The van der Waals surface area contributed by atoms with E-state index in [-0.39, 0.29) is 11.7 Å². The molecule has 16 heavy (non-hydrogen) atoms. The van der Waals surface area contributed by atoms with Gasteiger partial charge in [-0.05, 0) is 12.2 Å². The lowest BCUT2D eigenvalue weighted by atomic mass is 10.1. The summed E-state index contributed by atoms with van der Waals surface area (Å²) in [5.41, 5.74) is -0.832. The van der Waals surface area contributed by atoms with Crippen LogP contribution >= 0.6 is 0 Å². The van der Waals surface area contributed by atoms with Crippen molar-refractivity contribution >= 4 is 17.7 Å². The molecular formula is C10H12O6. The Morgan fingerprint density at radius 2 is 1.44 bits per heavy atom. The first kappa shape index (κ1) is 13.9. The molecule has 0 radical (unpaired) electrons. The highest BCUT2D eigenvalue weighted by molar-refractivity contribution is 6.01. The maximum atomic E-state index is 11.1. The van der Waals surface area contributed by atoms with Crippen molar-refractivity contribution in [2.24, 2.45) is 5.92 Å². The Hall–Kier alpha value is -2.11. The summed E-state index contributed by atoms with van der Waals surface area (Å²) in [6.07, 6.45) is 1.70. The van der Waals surface area contributed by atoms with E-state index in [9.17, 15) is 14.4 Å². The van der Waals surface area contributed by atoms with Crippen molar-refractivity contribution in [3.05, 3.63) is 23.5 Å². The minimum atomic E-state index is -1.76. The zero-order chi connectivity index (χ0) is 12.9. The summed E-state index contributed by atoms with van der Waals surface area (Å²) in [6.45, 7) is 3.21. The van der Waals surface area contributed by atoms with Crippen molar-refractivity contribution < 1.29 is 29.7 Å². The highest BCUT2D eigenvalue weighted by Crippen LogP contribution is 2.06. The van der Waals surface area contributed by atoms with Crippen LogP contribution in [0.25, 0.3) is 0 Å². The number of aliphatic carboxylic acids is 2. The van der Waals surface area contributed by atoms with Crippen molar-refractivity contribution in [1.82, 2.24) is 0 Å². The zero-order valence-corrected chi connectivity index (χ0v) is 8.80. The van der Waals surface area contributed by atoms with Gasteiger partial charge in [0.05, 0.1) is 0 Å². The highest BCUT2D eigenvalue weighted by atomic mass is 16.4. The molecule has 0 heterocycles. The molecule has 0 aromatic carbocycles. The van der Waals surface area contributed by atoms with E-state index >= 15 is 0 Å². The van der Waals surface area contributed by atoms with Crippen molar-refractivity contribution in [1.29, 1.82) is 0 Å². The Morgan fingerprint density at radius 1 is 0.938 bits per heavy atom. The van der Waals surface area contributed by atoms with Gasteiger partial charge in [0.25, 0.3) is 0 Å². The minimum Gasteiger partial charge on any atom is -0.501 e. The molecule has 0 saturated carbocycles. The molecule has 0 aliphatic heterocycles. The number of carbonyl (C=O) groups is 3. The van der Waals surface area contributed by atoms with Gasteiger partial charge in [0.15, 0.2) is 5.78 Å². The Balaban J connectivity index is 5.15. The Labute approximate surface area is 91.5 Å². The Kier molecular flexibility index (Phi) is 4.94. The van der Waals surface area contributed by atoms with Crippen LogP contribution in [0.4, 0.5) is 0 Å². The van der Waals surface area contributed by atoms with Crippen LogP contribution in [-0.4, -0.2) is 33.0 Å². The number of hydrogen-bond acceptors (Lipinski definition) is 4. The summed E-state index contributed by atoms with van der Waals surface area (Å²) < 4.78 is 0. The SMILES string of the molecule is CC(C)C(=O)C=C/C(C(=O)O)=C(/O)C(=O)O. The molecule has 88 valence electrons. The number of aliphatic hydroxyl groups is 1. The van der Waals surface area contributed by atoms with Crippen LogP contribution < -0.4 is 0 Å². The smallest absolute Gasteiger partial charge is 0.371 e. The number of carbonyl (C=O) groups excluding carboxylic acids is 1. The van der Waals surface area contributed by atoms with Gasteiger partial charge in [0.1, 0.15) is 5.57 Å². The zero-order valence-electron chi connectivity index (χ0n) is 8.80. The summed E-state index contributed by atoms with van der Waals surface area (Å²) in [4.78, 5) is 32.0. The molecule has 0 spiro atoms. The number of carboxylic acid groups (broad SMARTS) is 2. The van der Waals surface area contributed by atoms with E-state index in [1.165, 1.54) is 0 Å². The van der Waals surface area contributed by atoms with Gasteiger partial charge in [-0.1, -0.05) is 13.8 Å². The molecule has 0 aliphatic rings. The van der Waals surface area contributed by atoms with E-state index < -0.39 is 23.3 Å². The molecule has 0 bridgehead atoms. The molecule has 0 saturated heterocycles. The van der Waals surface area contributed by atoms with Gasteiger partial charge in [0, 0.05) is 5.92 Å². The third-order valence-corrected chi connectivity index (χ3v) is 1.67. The van der Waals surface area contributed by atoms with Crippen molar-refractivity contribution in [3.8, 4) is 0 Å². The predicted octanol–water partition coefficient (Wildman–Crippen LogP) is 0.749. The third-order valence-electron chi connectivity index (χ3n) is 1.67. The second kappa shape index (κ2) is 5.69. The molecule has 0 unspecified atom stereocenters. The molecule has 0 rings (SSSR count). The number of hydrogen-bond donors (Lipinski definition) is 3. The van der Waals surface area contributed by atoms with E-state index in [0.29, 0.717) is 0 Å². The monoisotopic (exact) mass is 228 g/mol. The number of carboxylic acids is 2. The molecule has 6 nitrogen and oxygen atoms in total. The topological polar surface area (TPSA) is 112 Å². The van der Waals surface area contributed by atoms with Crippen LogP contribution in [0, 0.1) is 5.92 Å². The average molecular weight is 228 g/mol. The summed E-state index contributed by atoms with van der Waals surface area (Å²) in [6, 6.07) is 0. The molecule has 6 heteroatoms. The summed E-state index contributed by atoms with van der Waals surface area (Å²) in [5.74, 6) is -5.39. The van der Waals surface area contributed by atoms with Gasteiger partial charge in [-0.15, -0.1) is 0 Å². The highest BCUT2D eigenvalue weighted by Gasteiger charge is 2.17. The first-order chi connectivity index (χ1) is 7.27. The van der Waals surface area contributed by atoms with E-state index in [1.54, 1.807) is 13.8 Å². The summed E-state index contributed by atoms with van der Waals surface area (Å²) >= 11 is 0. The predicted molar refractivity (Wildman–Crippen MR) is 53.9 cm³/mol. The van der Waals surface area contributed by atoms with Crippen LogP contribution in [0.3, 0.4) is 0 Å². The van der Waals surface area contributed by atoms with Crippen LogP contribution in [0.5, 0.6) is 0 Å². The normalized spacial score (nSPS) is 12.7. The lowest BCUT2D eigenvalue weighted by Gasteiger charge is -1.99. The first-order valence-electron chi connectivity index (χ1n) is 4.39. The molecule has 0 amide bonds. The van der Waals surface area contributed by atoms with E-state index in [2.05, 4.69) is 0 Å². The lowest BCUT2D eigenvalue weighted by molar-refractivity contribution is -0.138. The maximum Gasteiger partial charge on any atom is 0.371 e. The second-order valence-electron chi connectivity index (χ2n) is 3.26. The van der Waals surface area contributed by atoms with E-state index in [0.717, 1.165) is 12.2 Å². The molecule has 0 aromatic heterocycles. The van der Waals surface area contributed by atoms with Gasteiger partial charge in [-0.3, -0.25) is 4.79 Å². The van der Waals surface area contributed by atoms with Crippen molar-refractivity contribution in [2.75, 3.05) is 0 Å². The van der Waals surface area contributed by atoms with Crippen LogP contribution in [0.15, 0.2) is 23.5 Å². The number of allylic oxidation sites excluding steroid dienone is 1. The average Bonchev–Trinajstić information content (AvgIpc) is 2.16. The fraction of sp³-hybridized carbons (Fsp3) is 0.300. The fourth-order valence-electron chi connectivity index (χ4n) is 0.725. The van der Waals surface area contributed by atoms with Crippen LogP contribution in [0.2, 0.25) is 0 Å². The minimum absolute atomic E-state index is 0.335. The largest absolute Gasteiger partial charge is 0.501 e. The van der Waals surface area contributed by atoms with Gasteiger partial charge >= 0.3 is 11.9 Å². The quantitative estimate of drug-likeness (QED) is 0.363. The second-order valence-corrected chi connectivity index (χ2v) is 3.26. The van der Waals surface area contributed by atoms with E-state index in [1.807, 2.05) is 0 Å². The third kappa shape index (κ3) is 3.95. The molecule has 0 atom stereocenters. The number of aliphatic hydroxyl groups excluding tert-OH is 1. The van der Waals surface area contributed by atoms with Crippen molar-refractivity contribution in [3.63, 3.8) is 0 Å². The molecule has 0 fully saturated rings. The number of ketones is 1. The lowest BCUT2D eigenvalue weighted by Crippen LogP contribution is -2.10. The summed E-state index contributed by atoms with van der Waals surface area (Å²) in [7, 11) is 0. The molecule has 3 N–H and O–H groups in total. The van der Waals surface area contributed by atoms with Crippen molar-refractivity contribution in [2.45, 2.75) is 13.8 Å². The van der Waals surface area contributed by atoms with Gasteiger partial charge < -0.3 is 15.3 Å². The van der Waals surface area contributed by atoms with Gasteiger partial charge in [0.2, 0.25) is 5.76 Å².